The number of aromatic amines is 1. The second-order valence-electron chi connectivity index (χ2n) is 5.88. The molecule has 3 heterocycles. The molecule has 0 spiro atoms. The number of morpholine rings is 1. The van der Waals surface area contributed by atoms with Crippen molar-refractivity contribution in [3.8, 4) is 11.3 Å². The zero-order valence-corrected chi connectivity index (χ0v) is 14.1. The van der Waals surface area contributed by atoms with E-state index in [4.69, 9.17) is 4.74 Å². The number of H-pyrrole nitrogens is 1. The van der Waals surface area contributed by atoms with Crippen molar-refractivity contribution in [3.05, 3.63) is 54.4 Å². The van der Waals surface area contributed by atoms with Gasteiger partial charge in [0.25, 0.3) is 5.91 Å². The Morgan fingerprint density at radius 1 is 1.12 bits per heavy atom. The number of nitrogens with zero attached hydrogens (tertiary/aromatic N) is 4. The zero-order chi connectivity index (χ0) is 17.8. The maximum Gasteiger partial charge on any atom is 0.276 e. The quantitative estimate of drug-likeness (QED) is 0.747. The number of nitrogens with one attached hydrogen (secondary N) is 2. The van der Waals surface area contributed by atoms with E-state index >= 15 is 0 Å². The van der Waals surface area contributed by atoms with Crippen LogP contribution in [0.3, 0.4) is 0 Å². The Labute approximate surface area is 150 Å². The molecule has 8 heteroatoms. The maximum atomic E-state index is 12.4. The van der Waals surface area contributed by atoms with Crippen LogP contribution in [-0.4, -0.2) is 52.6 Å². The molecule has 0 aliphatic carbocycles. The molecule has 1 amide bonds. The van der Waals surface area contributed by atoms with Gasteiger partial charge in [-0.25, -0.2) is 0 Å². The minimum Gasteiger partial charge on any atom is -0.378 e. The van der Waals surface area contributed by atoms with Crippen LogP contribution in [0, 0.1) is 0 Å². The van der Waals surface area contributed by atoms with Crippen LogP contribution in [0.2, 0.25) is 0 Å². The number of amides is 1. The smallest absolute Gasteiger partial charge is 0.276 e. The van der Waals surface area contributed by atoms with Crippen molar-refractivity contribution < 1.29 is 9.53 Å². The van der Waals surface area contributed by atoms with Crippen LogP contribution in [0.5, 0.6) is 0 Å². The highest BCUT2D eigenvalue weighted by Gasteiger charge is 2.15. The number of hydrogen-bond donors (Lipinski definition) is 2. The summed E-state index contributed by atoms with van der Waals surface area (Å²) in [6, 6.07) is 12.9. The number of ether oxygens (including phenoxy) is 1. The SMILES string of the molecule is O=C(Nc1cccc(-c2ccn[nH]2)c1)c1ccc(N2CCOCC2)nn1. The summed E-state index contributed by atoms with van der Waals surface area (Å²) in [6.07, 6.45) is 1.69. The molecule has 1 aromatic carbocycles. The molecule has 2 N–H and O–H groups in total. The van der Waals surface area contributed by atoms with Crippen molar-refractivity contribution in [3.63, 3.8) is 0 Å². The molecule has 1 aliphatic heterocycles. The lowest BCUT2D eigenvalue weighted by Crippen LogP contribution is -2.37. The lowest BCUT2D eigenvalue weighted by atomic mass is 10.1. The third kappa shape index (κ3) is 3.55. The molecule has 2 aromatic heterocycles. The van der Waals surface area contributed by atoms with Gasteiger partial charge in [-0.15, -0.1) is 10.2 Å². The van der Waals surface area contributed by atoms with Crippen LogP contribution in [0.25, 0.3) is 11.3 Å². The van der Waals surface area contributed by atoms with E-state index in [1.165, 1.54) is 0 Å². The van der Waals surface area contributed by atoms with E-state index in [1.807, 2.05) is 36.4 Å². The molecule has 0 saturated carbocycles. The van der Waals surface area contributed by atoms with Gasteiger partial charge in [-0.1, -0.05) is 12.1 Å². The number of aromatic nitrogens is 4. The fraction of sp³-hybridized carbons (Fsp3) is 0.222. The molecule has 1 saturated heterocycles. The molecule has 1 aliphatic rings. The molecule has 8 nitrogen and oxygen atoms in total. The Kier molecular flexibility index (Phi) is 4.57. The van der Waals surface area contributed by atoms with Gasteiger partial charge in [0.15, 0.2) is 11.5 Å². The predicted octanol–water partition coefficient (Wildman–Crippen LogP) is 1.96. The average Bonchev–Trinajstić information content (AvgIpc) is 3.24. The van der Waals surface area contributed by atoms with Gasteiger partial charge >= 0.3 is 0 Å². The number of hydrogen-bond acceptors (Lipinski definition) is 6. The van der Waals surface area contributed by atoms with E-state index in [2.05, 4.69) is 30.6 Å². The van der Waals surface area contributed by atoms with E-state index in [0.717, 1.165) is 30.2 Å². The molecule has 0 bridgehead atoms. The van der Waals surface area contributed by atoms with Crippen LogP contribution in [0.15, 0.2) is 48.7 Å². The first-order valence-corrected chi connectivity index (χ1v) is 8.37. The maximum absolute atomic E-state index is 12.4. The minimum atomic E-state index is -0.298. The van der Waals surface area contributed by atoms with Gasteiger partial charge in [-0.3, -0.25) is 9.89 Å². The number of benzene rings is 1. The molecule has 4 rings (SSSR count). The Morgan fingerprint density at radius 3 is 2.73 bits per heavy atom. The van der Waals surface area contributed by atoms with Gasteiger partial charge in [0.05, 0.1) is 18.9 Å². The van der Waals surface area contributed by atoms with Crippen LogP contribution in [0.1, 0.15) is 10.5 Å². The van der Waals surface area contributed by atoms with Crippen molar-refractivity contribution in [1.29, 1.82) is 0 Å². The zero-order valence-electron chi connectivity index (χ0n) is 14.1. The summed E-state index contributed by atoms with van der Waals surface area (Å²) in [5.74, 6) is 0.457. The molecule has 0 radical (unpaired) electrons. The fourth-order valence-corrected chi connectivity index (χ4v) is 2.78. The van der Waals surface area contributed by atoms with Gasteiger partial charge in [0, 0.05) is 30.5 Å². The van der Waals surface area contributed by atoms with Crippen molar-refractivity contribution in [2.75, 3.05) is 36.5 Å². The van der Waals surface area contributed by atoms with Crippen molar-refractivity contribution in [1.82, 2.24) is 20.4 Å². The monoisotopic (exact) mass is 350 g/mol. The first-order valence-electron chi connectivity index (χ1n) is 8.37. The van der Waals surface area contributed by atoms with E-state index < -0.39 is 0 Å². The van der Waals surface area contributed by atoms with Crippen LogP contribution >= 0.6 is 0 Å². The summed E-state index contributed by atoms with van der Waals surface area (Å²) < 4.78 is 5.33. The Morgan fingerprint density at radius 2 is 2.00 bits per heavy atom. The number of anilines is 2. The normalized spacial score (nSPS) is 14.2. The largest absolute Gasteiger partial charge is 0.378 e. The van der Waals surface area contributed by atoms with E-state index in [-0.39, 0.29) is 11.6 Å². The van der Waals surface area contributed by atoms with Gasteiger partial charge in [-0.05, 0) is 30.3 Å². The van der Waals surface area contributed by atoms with Gasteiger partial charge < -0.3 is 15.0 Å². The van der Waals surface area contributed by atoms with Crippen LogP contribution < -0.4 is 10.2 Å². The lowest BCUT2D eigenvalue weighted by molar-refractivity contribution is 0.102. The van der Waals surface area contributed by atoms with Gasteiger partial charge in [-0.2, -0.15) is 5.10 Å². The molecule has 0 unspecified atom stereocenters. The lowest BCUT2D eigenvalue weighted by Gasteiger charge is -2.27. The summed E-state index contributed by atoms with van der Waals surface area (Å²) in [6.45, 7) is 2.91. The predicted molar refractivity (Wildman–Crippen MR) is 97.0 cm³/mol. The first kappa shape index (κ1) is 16.2. The van der Waals surface area contributed by atoms with Crippen molar-refractivity contribution in [2.45, 2.75) is 0 Å². The minimum absolute atomic E-state index is 0.272. The first-order chi connectivity index (χ1) is 12.8. The third-order valence-electron chi connectivity index (χ3n) is 4.15. The second-order valence-corrected chi connectivity index (χ2v) is 5.88. The van der Waals surface area contributed by atoms with E-state index in [1.54, 1.807) is 12.3 Å². The van der Waals surface area contributed by atoms with Gasteiger partial charge in [0.1, 0.15) is 0 Å². The third-order valence-corrected chi connectivity index (χ3v) is 4.15. The van der Waals surface area contributed by atoms with E-state index in [0.29, 0.717) is 18.9 Å². The van der Waals surface area contributed by atoms with Crippen LogP contribution in [0.4, 0.5) is 11.5 Å². The van der Waals surface area contributed by atoms with E-state index in [9.17, 15) is 4.79 Å². The topological polar surface area (TPSA) is 96.0 Å². The highest BCUT2D eigenvalue weighted by molar-refractivity contribution is 6.03. The Bertz CT molecular complexity index is 873. The summed E-state index contributed by atoms with van der Waals surface area (Å²) in [5.41, 5.74) is 2.78. The molecule has 132 valence electrons. The van der Waals surface area contributed by atoms with Crippen LogP contribution in [-0.2, 0) is 4.74 Å². The highest BCUT2D eigenvalue weighted by atomic mass is 16.5. The Hall–Kier alpha value is -3.26. The summed E-state index contributed by atoms with van der Waals surface area (Å²) in [4.78, 5) is 14.5. The molecule has 26 heavy (non-hydrogen) atoms. The number of carbonyl (C=O) groups is 1. The molecule has 3 aromatic rings. The number of carbonyl (C=O) groups excluding carboxylic acids is 1. The second kappa shape index (κ2) is 7.32. The standard InChI is InChI=1S/C18H18N6O2/c25-18(16-4-5-17(23-22-16)24-8-10-26-11-9-24)20-14-3-1-2-13(12-14)15-6-7-19-21-15/h1-7,12H,8-11H2,(H,19,21)(H,20,25). The summed E-state index contributed by atoms with van der Waals surface area (Å²) >= 11 is 0. The average molecular weight is 350 g/mol. The molecular formula is C18H18N6O2. The van der Waals surface area contributed by atoms with Crippen molar-refractivity contribution >= 4 is 17.4 Å². The number of rotatable bonds is 4. The van der Waals surface area contributed by atoms with Crippen molar-refractivity contribution in [2.24, 2.45) is 0 Å². The highest BCUT2D eigenvalue weighted by Crippen LogP contribution is 2.20. The fourth-order valence-electron chi connectivity index (χ4n) is 2.78. The Balaban J connectivity index is 1.45. The summed E-state index contributed by atoms with van der Waals surface area (Å²) in [5, 5.41) is 17.9. The van der Waals surface area contributed by atoms with Gasteiger partial charge in [0.2, 0.25) is 0 Å². The molecule has 1 fully saturated rings. The molecular weight excluding hydrogens is 332 g/mol. The summed E-state index contributed by atoms with van der Waals surface area (Å²) in [7, 11) is 0. The molecule has 0 atom stereocenters.